The second kappa shape index (κ2) is 5.65. The minimum atomic E-state index is -0.999. The highest BCUT2D eigenvalue weighted by molar-refractivity contribution is 5.89. The number of carboxylic acids is 1. The predicted molar refractivity (Wildman–Crippen MR) is 78.1 cm³/mol. The van der Waals surface area contributed by atoms with Crippen molar-refractivity contribution in [2.45, 2.75) is 20.5 Å². The van der Waals surface area contributed by atoms with E-state index in [9.17, 15) is 4.79 Å². The summed E-state index contributed by atoms with van der Waals surface area (Å²) in [4.78, 5) is 10.9. The Kier molecular flexibility index (Phi) is 3.94. The summed E-state index contributed by atoms with van der Waals surface area (Å²) in [5, 5.41) is 8.96. The fourth-order valence-electron chi connectivity index (χ4n) is 1.85. The number of hydrogen-bond acceptors (Lipinski definition) is 3. The van der Waals surface area contributed by atoms with Crippen LogP contribution in [-0.2, 0) is 6.61 Å². The van der Waals surface area contributed by atoms with Crippen LogP contribution in [0.5, 0.6) is 5.75 Å². The molecule has 0 bridgehead atoms. The van der Waals surface area contributed by atoms with Crippen molar-refractivity contribution in [3.8, 4) is 5.75 Å². The van der Waals surface area contributed by atoms with Crippen LogP contribution in [0.15, 0.2) is 36.4 Å². The molecule has 0 saturated heterocycles. The molecule has 0 atom stereocenters. The van der Waals surface area contributed by atoms with Gasteiger partial charge in [0.2, 0.25) is 0 Å². The van der Waals surface area contributed by atoms with Gasteiger partial charge in [-0.25, -0.2) is 4.79 Å². The van der Waals surface area contributed by atoms with Gasteiger partial charge in [-0.15, -0.1) is 0 Å². The summed E-state index contributed by atoms with van der Waals surface area (Å²) in [6, 6.07) is 10.5. The fraction of sp³-hybridized carbons (Fsp3) is 0.188. The summed E-state index contributed by atoms with van der Waals surface area (Å²) in [5.74, 6) is -0.607. The minimum absolute atomic E-state index is 0.161. The first-order chi connectivity index (χ1) is 9.47. The Bertz CT molecular complexity index is 650. The minimum Gasteiger partial charge on any atom is -0.487 e. The number of hydrogen-bond donors (Lipinski definition) is 2. The highest BCUT2D eigenvalue weighted by Crippen LogP contribution is 2.24. The van der Waals surface area contributed by atoms with E-state index in [4.69, 9.17) is 15.6 Å². The molecule has 3 N–H and O–H groups in total. The molecule has 0 heterocycles. The van der Waals surface area contributed by atoms with Crippen molar-refractivity contribution >= 4 is 11.7 Å². The highest BCUT2D eigenvalue weighted by Gasteiger charge is 2.08. The normalized spacial score (nSPS) is 10.3. The second-order valence-corrected chi connectivity index (χ2v) is 4.77. The van der Waals surface area contributed by atoms with Crippen LogP contribution < -0.4 is 10.5 Å². The van der Waals surface area contributed by atoms with E-state index in [1.807, 2.05) is 32.0 Å². The first kappa shape index (κ1) is 13.9. The maximum Gasteiger partial charge on any atom is 0.335 e. The molecule has 104 valence electrons. The summed E-state index contributed by atoms with van der Waals surface area (Å²) in [7, 11) is 0. The van der Waals surface area contributed by atoms with E-state index in [2.05, 4.69) is 0 Å². The van der Waals surface area contributed by atoms with Crippen LogP contribution in [-0.4, -0.2) is 11.1 Å². The van der Waals surface area contributed by atoms with E-state index in [0.29, 0.717) is 18.0 Å². The van der Waals surface area contributed by atoms with Gasteiger partial charge in [-0.05, 0) is 48.7 Å². The molecule has 0 unspecified atom stereocenters. The number of anilines is 1. The van der Waals surface area contributed by atoms with Gasteiger partial charge in [0.1, 0.15) is 12.4 Å². The largest absolute Gasteiger partial charge is 0.487 e. The Labute approximate surface area is 117 Å². The van der Waals surface area contributed by atoms with E-state index in [0.717, 1.165) is 5.56 Å². The van der Waals surface area contributed by atoms with Gasteiger partial charge in [0.05, 0.1) is 11.3 Å². The van der Waals surface area contributed by atoms with Crippen LogP contribution in [0.3, 0.4) is 0 Å². The standard InChI is InChI=1S/C16H17NO3/c1-10-3-4-12(7-11(10)2)9-20-15-8-13(16(18)19)5-6-14(15)17/h3-8H,9,17H2,1-2H3,(H,18,19). The summed E-state index contributed by atoms with van der Waals surface area (Å²) in [6.45, 7) is 4.45. The number of nitrogen functional groups attached to an aromatic ring is 1. The van der Waals surface area contributed by atoms with Crippen LogP contribution in [0, 0.1) is 13.8 Å². The molecule has 2 aromatic rings. The number of nitrogens with two attached hydrogens (primary N) is 1. The zero-order valence-electron chi connectivity index (χ0n) is 11.5. The van der Waals surface area contributed by atoms with Crippen LogP contribution in [0.4, 0.5) is 5.69 Å². The number of ether oxygens (including phenoxy) is 1. The Balaban J connectivity index is 2.15. The topological polar surface area (TPSA) is 72.5 Å². The fourth-order valence-corrected chi connectivity index (χ4v) is 1.85. The molecule has 0 aliphatic rings. The molecule has 2 aromatic carbocycles. The molecule has 2 rings (SSSR count). The summed E-state index contributed by atoms with van der Waals surface area (Å²) < 4.78 is 5.62. The van der Waals surface area contributed by atoms with Gasteiger partial charge in [-0.3, -0.25) is 0 Å². The molecule has 0 aliphatic carbocycles. The average molecular weight is 271 g/mol. The summed E-state index contributed by atoms with van der Waals surface area (Å²) in [6.07, 6.45) is 0. The molecule has 0 amide bonds. The first-order valence-corrected chi connectivity index (χ1v) is 6.29. The Hall–Kier alpha value is -2.49. The quantitative estimate of drug-likeness (QED) is 0.838. The van der Waals surface area contributed by atoms with E-state index in [-0.39, 0.29) is 5.56 Å². The lowest BCUT2D eigenvalue weighted by atomic mass is 10.1. The molecule has 0 fully saturated rings. The molecule has 4 nitrogen and oxygen atoms in total. The number of rotatable bonds is 4. The molecular formula is C16H17NO3. The van der Waals surface area contributed by atoms with E-state index < -0.39 is 5.97 Å². The van der Waals surface area contributed by atoms with Crippen LogP contribution in [0.1, 0.15) is 27.0 Å². The van der Waals surface area contributed by atoms with Crippen LogP contribution in [0.25, 0.3) is 0 Å². The third-order valence-electron chi connectivity index (χ3n) is 3.23. The van der Waals surface area contributed by atoms with Gasteiger partial charge in [0.25, 0.3) is 0 Å². The SMILES string of the molecule is Cc1ccc(COc2cc(C(=O)O)ccc2N)cc1C. The van der Waals surface area contributed by atoms with Gasteiger partial charge in [0, 0.05) is 0 Å². The zero-order chi connectivity index (χ0) is 14.7. The third-order valence-corrected chi connectivity index (χ3v) is 3.23. The predicted octanol–water partition coefficient (Wildman–Crippen LogP) is 3.16. The number of carboxylic acid groups (broad SMARTS) is 1. The lowest BCUT2D eigenvalue weighted by molar-refractivity contribution is 0.0696. The smallest absolute Gasteiger partial charge is 0.335 e. The van der Waals surface area contributed by atoms with Crippen molar-refractivity contribution in [2.24, 2.45) is 0 Å². The Morgan fingerprint density at radius 2 is 1.90 bits per heavy atom. The van der Waals surface area contributed by atoms with Gasteiger partial charge in [-0.1, -0.05) is 18.2 Å². The van der Waals surface area contributed by atoms with Crippen molar-refractivity contribution < 1.29 is 14.6 Å². The lowest BCUT2D eigenvalue weighted by Crippen LogP contribution is -2.02. The first-order valence-electron chi connectivity index (χ1n) is 6.29. The van der Waals surface area contributed by atoms with Crippen LogP contribution >= 0.6 is 0 Å². The molecule has 0 radical (unpaired) electrons. The average Bonchev–Trinajstić information content (AvgIpc) is 2.41. The molecule has 20 heavy (non-hydrogen) atoms. The highest BCUT2D eigenvalue weighted by atomic mass is 16.5. The third kappa shape index (κ3) is 3.09. The van der Waals surface area contributed by atoms with Crippen molar-refractivity contribution in [3.05, 3.63) is 58.7 Å². The summed E-state index contributed by atoms with van der Waals surface area (Å²) in [5.41, 5.74) is 9.82. The van der Waals surface area contributed by atoms with Crippen LogP contribution in [0.2, 0.25) is 0 Å². The molecule has 0 spiro atoms. The number of carbonyl (C=O) groups is 1. The van der Waals surface area contributed by atoms with Gasteiger partial charge in [0.15, 0.2) is 0 Å². The second-order valence-electron chi connectivity index (χ2n) is 4.77. The van der Waals surface area contributed by atoms with E-state index >= 15 is 0 Å². The lowest BCUT2D eigenvalue weighted by Gasteiger charge is -2.11. The van der Waals surface area contributed by atoms with Crippen molar-refractivity contribution in [1.82, 2.24) is 0 Å². The Morgan fingerprint density at radius 1 is 1.15 bits per heavy atom. The monoisotopic (exact) mass is 271 g/mol. The molecular weight excluding hydrogens is 254 g/mol. The Morgan fingerprint density at radius 3 is 2.55 bits per heavy atom. The number of aromatic carboxylic acids is 1. The van der Waals surface area contributed by atoms with Gasteiger partial charge < -0.3 is 15.6 Å². The molecule has 0 aliphatic heterocycles. The van der Waals surface area contributed by atoms with Gasteiger partial charge >= 0.3 is 5.97 Å². The van der Waals surface area contributed by atoms with E-state index in [1.54, 1.807) is 6.07 Å². The molecule has 4 heteroatoms. The van der Waals surface area contributed by atoms with Crippen molar-refractivity contribution in [3.63, 3.8) is 0 Å². The van der Waals surface area contributed by atoms with Crippen molar-refractivity contribution in [2.75, 3.05) is 5.73 Å². The zero-order valence-corrected chi connectivity index (χ0v) is 11.5. The molecule has 0 saturated carbocycles. The number of aryl methyl sites for hydroxylation is 2. The molecule has 0 aromatic heterocycles. The maximum atomic E-state index is 10.9. The van der Waals surface area contributed by atoms with Crippen molar-refractivity contribution in [1.29, 1.82) is 0 Å². The summed E-state index contributed by atoms with van der Waals surface area (Å²) >= 11 is 0. The number of benzene rings is 2. The van der Waals surface area contributed by atoms with E-state index in [1.165, 1.54) is 23.3 Å². The van der Waals surface area contributed by atoms with Gasteiger partial charge in [-0.2, -0.15) is 0 Å². The maximum absolute atomic E-state index is 10.9.